The molecule has 4 fully saturated rings. The third-order valence-corrected chi connectivity index (χ3v) is 7.53. The molecule has 6 rings (SSSR count). The summed E-state index contributed by atoms with van der Waals surface area (Å²) >= 11 is 0. The predicted octanol–water partition coefficient (Wildman–Crippen LogP) is 2.99. The van der Waals surface area contributed by atoms with Crippen LogP contribution in [0.4, 0.5) is 5.82 Å². The third-order valence-electron chi connectivity index (χ3n) is 7.53. The van der Waals surface area contributed by atoms with E-state index in [1.165, 1.54) is 44.6 Å². The number of hydrogen-bond donors (Lipinski definition) is 1. The topological polar surface area (TPSA) is 69.2 Å². The Morgan fingerprint density at radius 1 is 1.14 bits per heavy atom. The van der Waals surface area contributed by atoms with Crippen molar-refractivity contribution in [1.29, 1.82) is 0 Å². The Labute approximate surface area is 166 Å². The number of fused-ring (bicyclic) bond motifs is 1. The van der Waals surface area contributed by atoms with Crippen LogP contribution in [-0.4, -0.2) is 51.8 Å². The lowest BCUT2D eigenvalue weighted by atomic mass is 10.1. The number of nitrogens with zero attached hydrogens (tertiary/aromatic N) is 4. The van der Waals surface area contributed by atoms with Crippen LogP contribution in [0.15, 0.2) is 18.5 Å². The van der Waals surface area contributed by atoms with Gasteiger partial charge in [0.2, 0.25) is 0 Å². The first-order valence-corrected chi connectivity index (χ1v) is 10.8. The molecule has 28 heavy (non-hydrogen) atoms. The highest BCUT2D eigenvalue weighted by Crippen LogP contribution is 2.57. The van der Waals surface area contributed by atoms with Gasteiger partial charge >= 0.3 is 0 Å². The Morgan fingerprint density at radius 2 is 1.89 bits per heavy atom. The van der Waals surface area contributed by atoms with Gasteiger partial charge in [-0.3, -0.25) is 4.90 Å². The number of hydrogen-bond acceptors (Lipinski definition) is 5. The van der Waals surface area contributed by atoms with Crippen molar-refractivity contribution in [2.75, 3.05) is 32.0 Å². The molecule has 0 spiro atoms. The molecule has 4 aliphatic rings. The second kappa shape index (κ2) is 6.29. The highest BCUT2D eigenvalue weighted by Gasteiger charge is 2.58. The summed E-state index contributed by atoms with van der Waals surface area (Å²) in [6.07, 6.45) is 9.41. The first kappa shape index (κ1) is 17.0. The molecule has 2 aromatic rings. The van der Waals surface area contributed by atoms with Crippen LogP contribution in [0.25, 0.3) is 11.3 Å². The zero-order valence-electron chi connectivity index (χ0n) is 16.6. The summed E-state index contributed by atoms with van der Waals surface area (Å²) in [6.45, 7) is 6.32. The standard InChI is InChI=1S/C22H29N5O/c1-13-6-15(7-24-21(13)23)19-10-27(22(25-19)14-4-2-3-5-14)20-17-8-26(9-18(17)20)16-11-28-12-16/h6-7,10,14,16-18,20H,2-5,8-9,11-12H2,1H3,(H2,23,24)/t17-,18+,20?. The summed E-state index contributed by atoms with van der Waals surface area (Å²) in [7, 11) is 0. The highest BCUT2D eigenvalue weighted by atomic mass is 16.5. The molecular formula is C22H29N5O. The second-order valence-corrected chi connectivity index (χ2v) is 9.26. The molecule has 2 saturated carbocycles. The molecule has 148 valence electrons. The number of likely N-dealkylation sites (tertiary alicyclic amines) is 1. The smallest absolute Gasteiger partial charge is 0.126 e. The van der Waals surface area contributed by atoms with Crippen molar-refractivity contribution >= 4 is 5.82 Å². The summed E-state index contributed by atoms with van der Waals surface area (Å²) in [5.74, 6) is 4.12. The maximum Gasteiger partial charge on any atom is 0.126 e. The Balaban J connectivity index is 1.30. The minimum absolute atomic E-state index is 0.607. The fraction of sp³-hybridized carbons (Fsp3) is 0.636. The Hall–Kier alpha value is -1.92. The van der Waals surface area contributed by atoms with Crippen LogP contribution >= 0.6 is 0 Å². The zero-order chi connectivity index (χ0) is 18.8. The van der Waals surface area contributed by atoms with Gasteiger partial charge in [-0.2, -0.15) is 0 Å². The molecule has 0 aromatic carbocycles. The van der Waals surface area contributed by atoms with Crippen LogP contribution in [0.2, 0.25) is 0 Å². The van der Waals surface area contributed by atoms with Crippen LogP contribution in [-0.2, 0) is 4.74 Å². The van der Waals surface area contributed by atoms with Crippen LogP contribution in [0, 0.1) is 18.8 Å². The molecule has 2 saturated heterocycles. The van der Waals surface area contributed by atoms with E-state index in [-0.39, 0.29) is 0 Å². The molecule has 3 atom stereocenters. The summed E-state index contributed by atoms with van der Waals surface area (Å²) in [5.41, 5.74) is 9.10. The summed E-state index contributed by atoms with van der Waals surface area (Å²) in [6, 6.07) is 3.43. The number of imidazole rings is 1. The van der Waals surface area contributed by atoms with Gasteiger partial charge in [0.05, 0.1) is 24.9 Å². The number of nitrogens with two attached hydrogens (primary N) is 1. The highest BCUT2D eigenvalue weighted by molar-refractivity contribution is 5.61. The van der Waals surface area contributed by atoms with Crippen LogP contribution in [0.5, 0.6) is 0 Å². The van der Waals surface area contributed by atoms with E-state index in [2.05, 4.69) is 26.7 Å². The van der Waals surface area contributed by atoms with E-state index in [4.69, 9.17) is 15.5 Å². The van der Waals surface area contributed by atoms with E-state index in [1.807, 2.05) is 13.1 Å². The van der Waals surface area contributed by atoms with Gasteiger partial charge in [0.15, 0.2) is 0 Å². The van der Waals surface area contributed by atoms with Gasteiger partial charge in [0, 0.05) is 43.0 Å². The number of piperidine rings is 1. The molecular weight excluding hydrogens is 350 g/mol. The van der Waals surface area contributed by atoms with Gasteiger partial charge in [0.25, 0.3) is 0 Å². The van der Waals surface area contributed by atoms with Gasteiger partial charge < -0.3 is 15.0 Å². The number of pyridine rings is 1. The molecule has 0 amide bonds. The van der Waals surface area contributed by atoms with Gasteiger partial charge in [-0.05, 0) is 43.2 Å². The fourth-order valence-corrected chi connectivity index (χ4v) is 5.67. The predicted molar refractivity (Wildman–Crippen MR) is 108 cm³/mol. The fourth-order valence-electron chi connectivity index (χ4n) is 5.67. The minimum atomic E-state index is 0.607. The first-order valence-electron chi connectivity index (χ1n) is 10.8. The average Bonchev–Trinajstić information content (AvgIpc) is 3.15. The quantitative estimate of drug-likeness (QED) is 0.884. The Morgan fingerprint density at radius 3 is 2.54 bits per heavy atom. The van der Waals surface area contributed by atoms with Crippen molar-refractivity contribution in [3.63, 3.8) is 0 Å². The van der Waals surface area contributed by atoms with Crippen LogP contribution < -0.4 is 5.73 Å². The van der Waals surface area contributed by atoms with E-state index in [1.54, 1.807) is 0 Å². The Bertz CT molecular complexity index is 886. The summed E-state index contributed by atoms with van der Waals surface area (Å²) in [4.78, 5) is 12.2. The number of anilines is 1. The Kier molecular flexibility index (Phi) is 3.82. The van der Waals surface area contributed by atoms with Gasteiger partial charge in [-0.25, -0.2) is 9.97 Å². The van der Waals surface area contributed by atoms with Crippen molar-refractivity contribution in [2.24, 2.45) is 11.8 Å². The number of ether oxygens (including phenoxy) is 1. The normalized spacial score (nSPS) is 30.5. The number of aryl methyl sites for hydroxylation is 1. The molecule has 6 heteroatoms. The second-order valence-electron chi connectivity index (χ2n) is 9.26. The molecule has 0 radical (unpaired) electrons. The summed E-state index contributed by atoms with van der Waals surface area (Å²) in [5, 5.41) is 0. The monoisotopic (exact) mass is 379 g/mol. The van der Waals surface area contributed by atoms with Gasteiger partial charge in [0.1, 0.15) is 11.6 Å². The van der Waals surface area contributed by atoms with Gasteiger partial charge in [-0.1, -0.05) is 12.8 Å². The number of nitrogen functional groups attached to an aromatic ring is 1. The molecule has 6 nitrogen and oxygen atoms in total. The molecule has 1 unspecified atom stereocenters. The average molecular weight is 380 g/mol. The zero-order valence-corrected chi connectivity index (χ0v) is 16.6. The van der Waals surface area contributed by atoms with Crippen molar-refractivity contribution in [3.05, 3.63) is 29.8 Å². The van der Waals surface area contributed by atoms with E-state index in [9.17, 15) is 0 Å². The van der Waals surface area contributed by atoms with E-state index in [0.717, 1.165) is 41.9 Å². The van der Waals surface area contributed by atoms with Crippen LogP contribution in [0.1, 0.15) is 49.0 Å². The van der Waals surface area contributed by atoms with E-state index in [0.29, 0.717) is 23.8 Å². The van der Waals surface area contributed by atoms with Crippen molar-refractivity contribution in [3.8, 4) is 11.3 Å². The van der Waals surface area contributed by atoms with Crippen LogP contribution in [0.3, 0.4) is 0 Å². The lowest BCUT2D eigenvalue weighted by molar-refractivity contribution is -0.0616. The van der Waals surface area contributed by atoms with Crippen molar-refractivity contribution < 1.29 is 4.74 Å². The SMILES string of the molecule is Cc1cc(-c2cn(C3[C@H]4CN(C5COC5)C[C@@H]34)c(C3CCCC3)n2)cnc1N. The third kappa shape index (κ3) is 2.61. The van der Waals surface area contributed by atoms with E-state index >= 15 is 0 Å². The molecule has 2 aliphatic carbocycles. The largest absolute Gasteiger partial charge is 0.383 e. The number of aromatic nitrogens is 3. The lowest BCUT2D eigenvalue weighted by Crippen LogP contribution is -2.49. The van der Waals surface area contributed by atoms with Crippen molar-refractivity contribution in [1.82, 2.24) is 19.4 Å². The van der Waals surface area contributed by atoms with Crippen molar-refractivity contribution in [2.45, 2.75) is 50.6 Å². The molecule has 4 heterocycles. The number of rotatable bonds is 4. The van der Waals surface area contributed by atoms with Gasteiger partial charge in [-0.15, -0.1) is 0 Å². The summed E-state index contributed by atoms with van der Waals surface area (Å²) < 4.78 is 7.95. The molecule has 2 aromatic heterocycles. The van der Waals surface area contributed by atoms with E-state index < -0.39 is 0 Å². The molecule has 2 N–H and O–H groups in total. The first-order chi connectivity index (χ1) is 13.7. The molecule has 2 aliphatic heterocycles. The minimum Gasteiger partial charge on any atom is -0.383 e. The lowest BCUT2D eigenvalue weighted by Gasteiger charge is -2.36. The maximum atomic E-state index is 5.93. The maximum absolute atomic E-state index is 5.93. The molecule has 0 bridgehead atoms.